The zero-order chi connectivity index (χ0) is 16.8. The zero-order valence-electron chi connectivity index (χ0n) is 12.6. The van der Waals surface area contributed by atoms with Crippen LogP contribution < -0.4 is 5.32 Å². The lowest BCUT2D eigenvalue weighted by Crippen LogP contribution is -2.20. The van der Waals surface area contributed by atoms with Gasteiger partial charge in [0.1, 0.15) is 5.69 Å². The summed E-state index contributed by atoms with van der Waals surface area (Å²) in [5, 5.41) is 11.4. The lowest BCUT2D eigenvalue weighted by Gasteiger charge is -1.99. The molecule has 0 aliphatic carbocycles. The second-order valence-electron chi connectivity index (χ2n) is 4.93. The van der Waals surface area contributed by atoms with E-state index in [1.165, 1.54) is 6.08 Å². The van der Waals surface area contributed by atoms with Gasteiger partial charge in [0.05, 0.1) is 18.4 Å². The SMILES string of the molecule is O=C(/C=C/c1ccccc1Cl)NCc1cn(-c2ccncc2)nn1. The van der Waals surface area contributed by atoms with Crippen molar-refractivity contribution in [3.63, 3.8) is 0 Å². The topological polar surface area (TPSA) is 72.7 Å². The van der Waals surface area contributed by atoms with E-state index in [2.05, 4.69) is 20.6 Å². The molecule has 0 aliphatic rings. The molecule has 3 rings (SSSR count). The molecule has 2 aromatic heterocycles. The molecule has 1 N–H and O–H groups in total. The fourth-order valence-corrected chi connectivity index (χ4v) is 2.21. The van der Waals surface area contributed by atoms with E-state index in [1.54, 1.807) is 35.4 Å². The summed E-state index contributed by atoms with van der Waals surface area (Å²) in [6.45, 7) is 0.288. The smallest absolute Gasteiger partial charge is 0.244 e. The summed E-state index contributed by atoms with van der Waals surface area (Å²) in [5.41, 5.74) is 2.30. The molecule has 7 heteroatoms. The van der Waals surface area contributed by atoms with Gasteiger partial charge in [-0.25, -0.2) is 4.68 Å². The van der Waals surface area contributed by atoms with Gasteiger partial charge in [0, 0.05) is 23.5 Å². The van der Waals surface area contributed by atoms with Crippen LogP contribution in [0.15, 0.2) is 61.1 Å². The molecule has 0 bridgehead atoms. The summed E-state index contributed by atoms with van der Waals surface area (Å²) in [7, 11) is 0. The fourth-order valence-electron chi connectivity index (χ4n) is 2.01. The van der Waals surface area contributed by atoms with E-state index in [1.807, 2.05) is 30.3 Å². The summed E-state index contributed by atoms with van der Waals surface area (Å²) in [6.07, 6.45) is 8.23. The Morgan fingerprint density at radius 2 is 2.00 bits per heavy atom. The predicted octanol–water partition coefficient (Wildman–Crippen LogP) is 2.65. The van der Waals surface area contributed by atoms with Crippen molar-refractivity contribution in [1.82, 2.24) is 25.3 Å². The number of halogens is 1. The van der Waals surface area contributed by atoms with E-state index in [9.17, 15) is 4.79 Å². The van der Waals surface area contributed by atoms with Crippen molar-refractivity contribution in [3.05, 3.63) is 77.3 Å². The molecular weight excluding hydrogens is 326 g/mol. The Labute approximate surface area is 143 Å². The Morgan fingerprint density at radius 3 is 2.79 bits per heavy atom. The monoisotopic (exact) mass is 339 g/mol. The minimum absolute atomic E-state index is 0.228. The van der Waals surface area contributed by atoms with Gasteiger partial charge >= 0.3 is 0 Å². The van der Waals surface area contributed by atoms with Crippen molar-refractivity contribution in [2.45, 2.75) is 6.54 Å². The van der Waals surface area contributed by atoms with E-state index >= 15 is 0 Å². The van der Waals surface area contributed by atoms with Crippen LogP contribution >= 0.6 is 11.6 Å². The molecule has 0 saturated heterocycles. The molecule has 2 heterocycles. The maximum absolute atomic E-state index is 11.9. The van der Waals surface area contributed by atoms with Crippen molar-refractivity contribution in [2.24, 2.45) is 0 Å². The van der Waals surface area contributed by atoms with Crippen LogP contribution in [0.5, 0.6) is 0 Å². The van der Waals surface area contributed by atoms with Crippen LogP contribution in [0.25, 0.3) is 11.8 Å². The van der Waals surface area contributed by atoms with E-state index in [0.717, 1.165) is 11.3 Å². The van der Waals surface area contributed by atoms with Crippen LogP contribution in [0.4, 0.5) is 0 Å². The van der Waals surface area contributed by atoms with E-state index in [-0.39, 0.29) is 12.5 Å². The second kappa shape index (κ2) is 7.52. The summed E-state index contributed by atoms with van der Waals surface area (Å²) < 4.78 is 1.63. The minimum atomic E-state index is -0.228. The van der Waals surface area contributed by atoms with Crippen LogP contribution in [-0.2, 0) is 11.3 Å². The van der Waals surface area contributed by atoms with Gasteiger partial charge < -0.3 is 5.32 Å². The molecule has 0 atom stereocenters. The highest BCUT2D eigenvalue weighted by Crippen LogP contribution is 2.16. The van der Waals surface area contributed by atoms with Gasteiger partial charge in [-0.15, -0.1) is 5.10 Å². The van der Waals surface area contributed by atoms with E-state index in [0.29, 0.717) is 10.7 Å². The number of pyridine rings is 1. The Balaban J connectivity index is 1.57. The fraction of sp³-hybridized carbons (Fsp3) is 0.0588. The first-order valence-electron chi connectivity index (χ1n) is 7.24. The number of carbonyl (C=O) groups is 1. The van der Waals surface area contributed by atoms with Gasteiger partial charge in [-0.05, 0) is 29.8 Å². The first-order valence-corrected chi connectivity index (χ1v) is 7.62. The maximum atomic E-state index is 11.9. The number of nitrogens with zero attached hydrogens (tertiary/aromatic N) is 4. The number of rotatable bonds is 5. The van der Waals surface area contributed by atoms with Gasteiger partial charge in [-0.1, -0.05) is 35.0 Å². The molecule has 6 nitrogen and oxygen atoms in total. The summed E-state index contributed by atoms with van der Waals surface area (Å²) in [5.74, 6) is -0.228. The van der Waals surface area contributed by atoms with Crippen LogP contribution in [-0.4, -0.2) is 25.9 Å². The number of hydrogen-bond acceptors (Lipinski definition) is 4. The van der Waals surface area contributed by atoms with Gasteiger partial charge in [-0.2, -0.15) is 0 Å². The molecule has 120 valence electrons. The Kier molecular flexibility index (Phi) is 4.98. The average molecular weight is 340 g/mol. The molecule has 0 spiro atoms. The van der Waals surface area contributed by atoms with Crippen LogP contribution in [0.3, 0.4) is 0 Å². The Bertz CT molecular complexity index is 860. The number of benzene rings is 1. The van der Waals surface area contributed by atoms with Crippen molar-refractivity contribution in [1.29, 1.82) is 0 Å². The lowest BCUT2D eigenvalue weighted by atomic mass is 10.2. The Hall–Kier alpha value is -2.99. The highest BCUT2D eigenvalue weighted by Gasteiger charge is 2.04. The second-order valence-corrected chi connectivity index (χ2v) is 5.34. The minimum Gasteiger partial charge on any atom is -0.347 e. The van der Waals surface area contributed by atoms with Gasteiger partial charge in [0.25, 0.3) is 0 Å². The van der Waals surface area contributed by atoms with Gasteiger partial charge in [0.15, 0.2) is 0 Å². The molecule has 0 fully saturated rings. The van der Waals surface area contributed by atoms with Crippen LogP contribution in [0, 0.1) is 0 Å². The number of nitrogens with one attached hydrogen (secondary N) is 1. The summed E-state index contributed by atoms with van der Waals surface area (Å²) in [4.78, 5) is 15.8. The third-order valence-corrected chi connectivity index (χ3v) is 3.58. The molecule has 1 amide bonds. The first-order chi connectivity index (χ1) is 11.7. The number of aromatic nitrogens is 4. The van der Waals surface area contributed by atoms with E-state index in [4.69, 9.17) is 11.6 Å². The molecule has 3 aromatic rings. The lowest BCUT2D eigenvalue weighted by molar-refractivity contribution is -0.116. The predicted molar refractivity (Wildman–Crippen MR) is 91.5 cm³/mol. The molecule has 0 saturated carbocycles. The maximum Gasteiger partial charge on any atom is 0.244 e. The summed E-state index contributed by atoms with van der Waals surface area (Å²) >= 11 is 6.03. The third-order valence-electron chi connectivity index (χ3n) is 3.23. The van der Waals surface area contributed by atoms with Crippen molar-refractivity contribution >= 4 is 23.6 Å². The number of amides is 1. The quantitative estimate of drug-likeness (QED) is 0.725. The third kappa shape index (κ3) is 4.05. The molecule has 1 aromatic carbocycles. The molecular formula is C17H14ClN5O. The molecule has 24 heavy (non-hydrogen) atoms. The molecule has 0 aliphatic heterocycles. The van der Waals surface area contributed by atoms with Crippen molar-refractivity contribution < 1.29 is 4.79 Å². The zero-order valence-corrected chi connectivity index (χ0v) is 13.4. The number of carbonyl (C=O) groups excluding carboxylic acids is 1. The van der Waals surface area contributed by atoms with Crippen LogP contribution in [0.2, 0.25) is 5.02 Å². The van der Waals surface area contributed by atoms with E-state index < -0.39 is 0 Å². The largest absolute Gasteiger partial charge is 0.347 e. The van der Waals surface area contributed by atoms with Crippen molar-refractivity contribution in [3.8, 4) is 5.69 Å². The summed E-state index contributed by atoms with van der Waals surface area (Å²) in [6, 6.07) is 11.0. The van der Waals surface area contributed by atoms with Gasteiger partial charge in [-0.3, -0.25) is 9.78 Å². The molecule has 0 radical (unpaired) electrons. The Morgan fingerprint density at radius 1 is 1.21 bits per heavy atom. The first kappa shape index (κ1) is 15.9. The van der Waals surface area contributed by atoms with Crippen LogP contribution in [0.1, 0.15) is 11.3 Å². The number of hydrogen-bond donors (Lipinski definition) is 1. The molecule has 0 unspecified atom stereocenters. The van der Waals surface area contributed by atoms with Crippen molar-refractivity contribution in [2.75, 3.05) is 0 Å². The highest BCUT2D eigenvalue weighted by molar-refractivity contribution is 6.32. The highest BCUT2D eigenvalue weighted by atomic mass is 35.5. The standard InChI is InChI=1S/C17H14ClN5O/c18-16-4-2-1-3-13(16)5-6-17(24)20-11-14-12-23(22-21-14)15-7-9-19-10-8-15/h1-10,12H,11H2,(H,20,24)/b6-5+. The normalized spacial score (nSPS) is 10.9. The van der Waals surface area contributed by atoms with Gasteiger partial charge in [0.2, 0.25) is 5.91 Å². The average Bonchev–Trinajstić information content (AvgIpc) is 3.09.